The summed E-state index contributed by atoms with van der Waals surface area (Å²) in [6, 6.07) is 9.68. The molecule has 2 aromatic heterocycles. The van der Waals surface area contributed by atoms with E-state index in [9.17, 15) is 4.79 Å². The van der Waals surface area contributed by atoms with Gasteiger partial charge in [0.1, 0.15) is 10.7 Å². The molecule has 23 heavy (non-hydrogen) atoms. The van der Waals surface area contributed by atoms with E-state index in [4.69, 9.17) is 0 Å². The summed E-state index contributed by atoms with van der Waals surface area (Å²) in [7, 11) is 0. The number of nitrogens with one attached hydrogen (secondary N) is 1. The molecule has 1 aromatic carbocycles. The number of hydrogen-bond donors (Lipinski definition) is 1. The van der Waals surface area contributed by atoms with Crippen LogP contribution >= 0.6 is 23.1 Å². The molecule has 1 amide bonds. The largest absolute Gasteiger partial charge is 0.351 e. The number of hydrogen-bond acceptors (Lipinski definition) is 6. The summed E-state index contributed by atoms with van der Waals surface area (Å²) < 4.78 is 0.976. The van der Waals surface area contributed by atoms with Crippen LogP contribution in [0.4, 0.5) is 0 Å². The minimum atomic E-state index is -0.126. The highest BCUT2D eigenvalue weighted by Crippen LogP contribution is 2.22. The SMILES string of the molecule is Cc1nnc(SCCCNC(=O)c2nccc3ccccc23)s1. The Bertz CT molecular complexity index is 813. The number of amides is 1. The van der Waals surface area contributed by atoms with Gasteiger partial charge in [0.05, 0.1) is 0 Å². The second kappa shape index (κ2) is 7.52. The first-order chi connectivity index (χ1) is 11.2. The van der Waals surface area contributed by atoms with Gasteiger partial charge in [-0.15, -0.1) is 10.2 Å². The molecule has 0 fully saturated rings. The molecule has 0 aliphatic rings. The molecule has 0 aliphatic carbocycles. The Hall–Kier alpha value is -1.99. The molecule has 2 heterocycles. The summed E-state index contributed by atoms with van der Waals surface area (Å²) in [5.41, 5.74) is 0.482. The molecule has 7 heteroatoms. The highest BCUT2D eigenvalue weighted by atomic mass is 32.2. The number of carbonyl (C=O) groups excluding carboxylic acids is 1. The maximum Gasteiger partial charge on any atom is 0.270 e. The van der Waals surface area contributed by atoms with Crippen molar-refractivity contribution in [1.29, 1.82) is 0 Å². The summed E-state index contributed by atoms with van der Waals surface area (Å²) in [4.78, 5) is 16.5. The van der Waals surface area contributed by atoms with E-state index >= 15 is 0 Å². The van der Waals surface area contributed by atoms with Crippen molar-refractivity contribution < 1.29 is 4.79 Å². The maximum absolute atomic E-state index is 12.3. The van der Waals surface area contributed by atoms with Gasteiger partial charge in [-0.3, -0.25) is 9.78 Å². The Labute approximate surface area is 142 Å². The molecule has 0 saturated carbocycles. The number of fused-ring (bicyclic) bond motifs is 1. The predicted octanol–water partition coefficient (Wildman–Crippen LogP) is 3.31. The van der Waals surface area contributed by atoms with Crippen LogP contribution in [-0.4, -0.2) is 33.4 Å². The van der Waals surface area contributed by atoms with Gasteiger partial charge in [-0.05, 0) is 24.8 Å². The molecule has 118 valence electrons. The Morgan fingerprint density at radius 1 is 1.26 bits per heavy atom. The maximum atomic E-state index is 12.3. The van der Waals surface area contributed by atoms with Gasteiger partial charge in [-0.2, -0.15) is 0 Å². The van der Waals surface area contributed by atoms with E-state index in [-0.39, 0.29) is 5.91 Å². The highest BCUT2D eigenvalue weighted by molar-refractivity contribution is 8.01. The number of pyridine rings is 1. The normalized spacial score (nSPS) is 10.8. The molecule has 0 atom stereocenters. The van der Waals surface area contributed by atoms with Gasteiger partial charge >= 0.3 is 0 Å². The van der Waals surface area contributed by atoms with E-state index in [0.29, 0.717) is 12.2 Å². The van der Waals surface area contributed by atoms with Crippen molar-refractivity contribution in [3.63, 3.8) is 0 Å². The van der Waals surface area contributed by atoms with Crippen LogP contribution in [0, 0.1) is 6.92 Å². The second-order valence-electron chi connectivity index (χ2n) is 4.93. The Morgan fingerprint density at radius 3 is 2.96 bits per heavy atom. The predicted molar refractivity (Wildman–Crippen MR) is 94.1 cm³/mol. The summed E-state index contributed by atoms with van der Waals surface area (Å²) in [6.07, 6.45) is 2.55. The molecule has 3 rings (SSSR count). The van der Waals surface area contributed by atoms with E-state index in [1.807, 2.05) is 37.3 Å². The first-order valence-corrected chi connectivity index (χ1v) is 9.09. The second-order valence-corrected chi connectivity index (χ2v) is 7.45. The third kappa shape index (κ3) is 4.05. The van der Waals surface area contributed by atoms with Crippen molar-refractivity contribution in [3.8, 4) is 0 Å². The molecule has 1 N–H and O–H groups in total. The van der Waals surface area contributed by atoms with Crippen molar-refractivity contribution >= 4 is 39.8 Å². The van der Waals surface area contributed by atoms with Crippen LogP contribution < -0.4 is 5.32 Å². The lowest BCUT2D eigenvalue weighted by atomic mass is 10.1. The lowest BCUT2D eigenvalue weighted by molar-refractivity contribution is 0.0950. The van der Waals surface area contributed by atoms with Gasteiger partial charge in [-0.1, -0.05) is 47.4 Å². The molecule has 5 nitrogen and oxygen atoms in total. The van der Waals surface area contributed by atoms with Gasteiger partial charge in [0, 0.05) is 23.9 Å². The average Bonchev–Trinajstić information content (AvgIpc) is 2.99. The zero-order valence-corrected chi connectivity index (χ0v) is 14.3. The van der Waals surface area contributed by atoms with Crippen molar-refractivity contribution in [2.24, 2.45) is 0 Å². The van der Waals surface area contributed by atoms with Crippen LogP contribution in [0.15, 0.2) is 40.9 Å². The third-order valence-electron chi connectivity index (χ3n) is 3.23. The third-order valence-corrected chi connectivity index (χ3v) is 5.29. The highest BCUT2D eigenvalue weighted by Gasteiger charge is 2.10. The van der Waals surface area contributed by atoms with Crippen LogP contribution in [0.2, 0.25) is 0 Å². The zero-order chi connectivity index (χ0) is 16.1. The number of carbonyl (C=O) groups is 1. The monoisotopic (exact) mass is 344 g/mol. The van der Waals surface area contributed by atoms with E-state index in [1.54, 1.807) is 29.3 Å². The standard InChI is InChI=1S/C16H16N4OS2/c1-11-19-20-16(23-11)22-10-4-8-18-15(21)14-13-6-3-2-5-12(13)7-9-17-14/h2-3,5-7,9H,4,8,10H2,1H3,(H,18,21). The molecule has 0 unspecified atom stereocenters. The van der Waals surface area contributed by atoms with Crippen LogP contribution in [0.1, 0.15) is 21.9 Å². The summed E-state index contributed by atoms with van der Waals surface area (Å²) in [6.45, 7) is 2.56. The van der Waals surface area contributed by atoms with E-state index in [2.05, 4.69) is 20.5 Å². The van der Waals surface area contributed by atoms with Gasteiger partial charge in [0.15, 0.2) is 4.34 Å². The van der Waals surface area contributed by atoms with Gasteiger partial charge in [0.25, 0.3) is 5.91 Å². The lowest BCUT2D eigenvalue weighted by Crippen LogP contribution is -2.25. The summed E-state index contributed by atoms with van der Waals surface area (Å²) in [5, 5.41) is 13.9. The van der Waals surface area contributed by atoms with Crippen LogP contribution in [-0.2, 0) is 0 Å². The Morgan fingerprint density at radius 2 is 2.13 bits per heavy atom. The van der Waals surface area contributed by atoms with Crippen molar-refractivity contribution in [1.82, 2.24) is 20.5 Å². The average molecular weight is 344 g/mol. The fourth-order valence-electron chi connectivity index (χ4n) is 2.15. The first kappa shape index (κ1) is 15.9. The van der Waals surface area contributed by atoms with Crippen LogP contribution in [0.5, 0.6) is 0 Å². The summed E-state index contributed by atoms with van der Waals surface area (Å²) >= 11 is 3.26. The fraction of sp³-hybridized carbons (Fsp3) is 0.250. The molecule has 0 spiro atoms. The molecule has 0 radical (unpaired) electrons. The topological polar surface area (TPSA) is 67.8 Å². The van der Waals surface area contributed by atoms with Crippen LogP contribution in [0.3, 0.4) is 0 Å². The number of aryl methyl sites for hydroxylation is 1. The van der Waals surface area contributed by atoms with Crippen molar-refractivity contribution in [2.75, 3.05) is 12.3 Å². The molecule has 0 saturated heterocycles. The van der Waals surface area contributed by atoms with Crippen molar-refractivity contribution in [3.05, 3.63) is 47.2 Å². The van der Waals surface area contributed by atoms with E-state index in [1.165, 1.54) is 0 Å². The van der Waals surface area contributed by atoms with Crippen LogP contribution in [0.25, 0.3) is 10.8 Å². The van der Waals surface area contributed by atoms with Crippen molar-refractivity contribution in [2.45, 2.75) is 17.7 Å². The Kier molecular flexibility index (Phi) is 5.19. The molecule has 0 bridgehead atoms. The summed E-state index contributed by atoms with van der Waals surface area (Å²) in [5.74, 6) is 0.774. The smallest absolute Gasteiger partial charge is 0.270 e. The fourth-order valence-corrected chi connectivity index (χ4v) is 3.98. The zero-order valence-electron chi connectivity index (χ0n) is 12.7. The Balaban J connectivity index is 1.51. The minimum absolute atomic E-state index is 0.126. The number of nitrogens with zero attached hydrogens (tertiary/aromatic N) is 3. The first-order valence-electron chi connectivity index (χ1n) is 7.29. The van der Waals surface area contributed by atoms with E-state index < -0.39 is 0 Å². The molecular weight excluding hydrogens is 328 g/mol. The number of aromatic nitrogens is 3. The number of thioether (sulfide) groups is 1. The van der Waals surface area contributed by atoms with Gasteiger partial charge in [-0.25, -0.2) is 0 Å². The van der Waals surface area contributed by atoms with Gasteiger partial charge < -0.3 is 5.32 Å². The molecule has 3 aromatic rings. The number of benzene rings is 1. The quantitative estimate of drug-likeness (QED) is 0.549. The molecular formula is C16H16N4OS2. The minimum Gasteiger partial charge on any atom is -0.351 e. The number of rotatable bonds is 6. The molecule has 0 aliphatic heterocycles. The van der Waals surface area contributed by atoms with E-state index in [0.717, 1.165) is 32.3 Å². The lowest BCUT2D eigenvalue weighted by Gasteiger charge is -2.06. The van der Waals surface area contributed by atoms with Gasteiger partial charge in [0.2, 0.25) is 0 Å².